The Kier molecular flexibility index (Phi) is 5.05. The van der Waals surface area contributed by atoms with Crippen molar-refractivity contribution >= 4 is 45.2 Å². The number of nitriles is 1. The minimum Gasteiger partial charge on any atom is -0.359 e. The molecule has 0 aliphatic heterocycles. The zero-order chi connectivity index (χ0) is 16.1. The minimum atomic E-state index is 0.525. The van der Waals surface area contributed by atoms with Gasteiger partial charge in [-0.3, -0.25) is 0 Å². The largest absolute Gasteiger partial charge is 0.359 e. The van der Waals surface area contributed by atoms with Crippen molar-refractivity contribution in [2.24, 2.45) is 0 Å². The third-order valence-corrected chi connectivity index (χ3v) is 4.99. The van der Waals surface area contributed by atoms with Crippen LogP contribution in [0.4, 0.5) is 5.69 Å². The van der Waals surface area contributed by atoms with Gasteiger partial charge in [-0.15, -0.1) is 11.3 Å². The molecule has 0 amide bonds. The predicted molar refractivity (Wildman–Crippen MR) is 104 cm³/mol. The van der Waals surface area contributed by atoms with Crippen molar-refractivity contribution in [1.29, 1.82) is 5.26 Å². The molecule has 0 bridgehead atoms. The number of benzene rings is 2. The van der Waals surface area contributed by atoms with E-state index in [1.807, 2.05) is 60.0 Å². The highest BCUT2D eigenvalue weighted by Crippen LogP contribution is 2.26. The summed E-state index contributed by atoms with van der Waals surface area (Å²) in [5.41, 5.74) is 3.44. The monoisotopic (exact) mass is 429 g/mol. The first kappa shape index (κ1) is 15.7. The lowest BCUT2D eigenvalue weighted by atomic mass is 10.2. The van der Waals surface area contributed by atoms with Crippen LogP contribution in [0, 0.1) is 14.9 Å². The number of nitrogens with one attached hydrogen (secondary N) is 1. The first-order valence-corrected chi connectivity index (χ1v) is 8.86. The topological polar surface area (TPSA) is 48.7 Å². The van der Waals surface area contributed by atoms with Gasteiger partial charge in [0.2, 0.25) is 0 Å². The van der Waals surface area contributed by atoms with Crippen LogP contribution < -0.4 is 5.32 Å². The highest BCUT2D eigenvalue weighted by atomic mass is 127. The van der Waals surface area contributed by atoms with E-state index in [0.717, 1.165) is 20.5 Å². The van der Waals surface area contributed by atoms with Gasteiger partial charge in [-0.2, -0.15) is 5.26 Å². The van der Waals surface area contributed by atoms with Crippen molar-refractivity contribution in [3.8, 4) is 17.3 Å². The molecule has 0 aliphatic rings. The van der Waals surface area contributed by atoms with Crippen LogP contribution in [0.2, 0.25) is 0 Å². The van der Waals surface area contributed by atoms with Crippen LogP contribution in [0.25, 0.3) is 16.8 Å². The van der Waals surface area contributed by atoms with Crippen molar-refractivity contribution in [1.82, 2.24) is 4.98 Å². The van der Waals surface area contributed by atoms with Gasteiger partial charge in [0.15, 0.2) is 0 Å². The fourth-order valence-corrected chi connectivity index (χ4v) is 3.35. The molecule has 112 valence electrons. The Labute approximate surface area is 152 Å². The first-order valence-electron chi connectivity index (χ1n) is 6.90. The Morgan fingerprint density at radius 2 is 1.87 bits per heavy atom. The third-order valence-electron chi connectivity index (χ3n) is 3.17. The Bertz CT molecular complexity index is 879. The molecule has 0 saturated carbocycles. The molecular weight excluding hydrogens is 417 g/mol. The summed E-state index contributed by atoms with van der Waals surface area (Å²) >= 11 is 3.73. The van der Waals surface area contributed by atoms with Gasteiger partial charge >= 0.3 is 0 Å². The molecule has 1 N–H and O–H groups in total. The van der Waals surface area contributed by atoms with Crippen LogP contribution in [0.3, 0.4) is 0 Å². The van der Waals surface area contributed by atoms with Crippen molar-refractivity contribution in [2.45, 2.75) is 0 Å². The summed E-state index contributed by atoms with van der Waals surface area (Å²) in [5, 5.41) is 15.3. The van der Waals surface area contributed by atoms with E-state index in [9.17, 15) is 5.26 Å². The van der Waals surface area contributed by atoms with Crippen LogP contribution in [0.1, 0.15) is 5.01 Å². The summed E-state index contributed by atoms with van der Waals surface area (Å²) in [4.78, 5) is 4.57. The summed E-state index contributed by atoms with van der Waals surface area (Å²) < 4.78 is 1.10. The number of nitrogens with zero attached hydrogens (tertiary/aromatic N) is 2. The van der Waals surface area contributed by atoms with E-state index < -0.39 is 0 Å². The van der Waals surface area contributed by atoms with Crippen LogP contribution in [-0.4, -0.2) is 4.98 Å². The number of aromatic nitrogens is 1. The maximum Gasteiger partial charge on any atom is 0.136 e. The SMILES string of the molecule is N#C/C(=C\Nc1ccccc1I)c1nc(-c2ccccc2)cs1. The van der Waals surface area contributed by atoms with E-state index in [1.54, 1.807) is 6.20 Å². The van der Waals surface area contributed by atoms with E-state index in [2.05, 4.69) is 39.0 Å². The van der Waals surface area contributed by atoms with E-state index in [1.165, 1.54) is 11.3 Å². The average Bonchev–Trinajstić information content (AvgIpc) is 3.08. The fourth-order valence-electron chi connectivity index (χ4n) is 2.01. The Balaban J connectivity index is 1.85. The van der Waals surface area contributed by atoms with Crippen molar-refractivity contribution in [3.05, 3.63) is 74.8 Å². The van der Waals surface area contributed by atoms with E-state index in [-0.39, 0.29) is 0 Å². The molecule has 1 aromatic heterocycles. The summed E-state index contributed by atoms with van der Waals surface area (Å²) in [6, 6.07) is 20.1. The molecule has 0 aliphatic carbocycles. The first-order chi connectivity index (χ1) is 11.3. The maximum atomic E-state index is 9.41. The molecule has 0 saturated heterocycles. The summed E-state index contributed by atoms with van der Waals surface area (Å²) in [6.45, 7) is 0. The molecule has 3 aromatic rings. The van der Waals surface area contributed by atoms with Crippen LogP contribution in [0.15, 0.2) is 66.2 Å². The Morgan fingerprint density at radius 3 is 2.61 bits per heavy atom. The van der Waals surface area contributed by atoms with Gasteiger partial charge in [-0.05, 0) is 34.7 Å². The molecule has 0 fully saturated rings. The lowest BCUT2D eigenvalue weighted by molar-refractivity contribution is 1.36. The lowest BCUT2D eigenvalue weighted by Crippen LogP contribution is -1.93. The quantitative estimate of drug-likeness (QED) is 0.447. The van der Waals surface area contributed by atoms with E-state index in [4.69, 9.17) is 0 Å². The van der Waals surface area contributed by atoms with Gasteiger partial charge in [-0.25, -0.2) is 4.98 Å². The smallest absolute Gasteiger partial charge is 0.136 e. The van der Waals surface area contributed by atoms with Crippen molar-refractivity contribution < 1.29 is 0 Å². The number of anilines is 1. The van der Waals surface area contributed by atoms with Gasteiger partial charge in [-0.1, -0.05) is 42.5 Å². The standard InChI is InChI=1S/C18H12IN3S/c19-15-8-4-5-9-16(15)21-11-14(10-20)18-22-17(12-23-18)13-6-2-1-3-7-13/h1-9,11-12,21H/b14-11+. The molecule has 1 heterocycles. The second-order valence-electron chi connectivity index (χ2n) is 4.70. The Morgan fingerprint density at radius 1 is 1.13 bits per heavy atom. The molecule has 2 aromatic carbocycles. The van der Waals surface area contributed by atoms with Gasteiger partial charge in [0.05, 0.1) is 11.4 Å². The van der Waals surface area contributed by atoms with E-state index in [0.29, 0.717) is 10.6 Å². The highest BCUT2D eigenvalue weighted by Gasteiger charge is 2.09. The van der Waals surface area contributed by atoms with Gasteiger partial charge < -0.3 is 5.32 Å². The van der Waals surface area contributed by atoms with Crippen LogP contribution in [0.5, 0.6) is 0 Å². The van der Waals surface area contributed by atoms with Gasteiger partial charge in [0.25, 0.3) is 0 Å². The number of halogens is 1. The van der Waals surface area contributed by atoms with Crippen molar-refractivity contribution in [2.75, 3.05) is 5.32 Å². The molecule has 3 rings (SSSR count). The second-order valence-corrected chi connectivity index (χ2v) is 6.72. The lowest BCUT2D eigenvalue weighted by Gasteiger charge is -2.03. The zero-order valence-electron chi connectivity index (χ0n) is 12.0. The normalized spacial score (nSPS) is 11.0. The maximum absolute atomic E-state index is 9.41. The van der Waals surface area contributed by atoms with Crippen LogP contribution >= 0.6 is 33.9 Å². The molecule has 3 nitrogen and oxygen atoms in total. The number of hydrogen-bond donors (Lipinski definition) is 1. The molecule has 5 heteroatoms. The molecule has 0 atom stereocenters. The number of allylic oxidation sites excluding steroid dienone is 1. The molecule has 23 heavy (non-hydrogen) atoms. The van der Waals surface area contributed by atoms with Gasteiger partial charge in [0.1, 0.15) is 16.6 Å². The molecule has 0 radical (unpaired) electrons. The summed E-state index contributed by atoms with van der Waals surface area (Å²) in [5.74, 6) is 0. The molecule has 0 spiro atoms. The van der Waals surface area contributed by atoms with Crippen LogP contribution in [-0.2, 0) is 0 Å². The molecular formula is C18H12IN3S. The van der Waals surface area contributed by atoms with Crippen molar-refractivity contribution in [3.63, 3.8) is 0 Å². The Hall–Kier alpha value is -2.17. The number of para-hydroxylation sites is 1. The summed E-state index contributed by atoms with van der Waals surface area (Å²) in [6.07, 6.45) is 1.71. The zero-order valence-corrected chi connectivity index (χ0v) is 15.0. The second kappa shape index (κ2) is 7.40. The van der Waals surface area contributed by atoms with E-state index >= 15 is 0 Å². The summed E-state index contributed by atoms with van der Waals surface area (Å²) in [7, 11) is 0. The average molecular weight is 429 g/mol. The fraction of sp³-hybridized carbons (Fsp3) is 0. The number of thiazole rings is 1. The number of rotatable bonds is 4. The minimum absolute atomic E-state index is 0.525. The third kappa shape index (κ3) is 3.78. The number of hydrogen-bond acceptors (Lipinski definition) is 4. The predicted octanol–water partition coefficient (Wildman–Crippen LogP) is 5.39. The molecule has 0 unspecified atom stereocenters. The highest BCUT2D eigenvalue weighted by molar-refractivity contribution is 14.1. The van der Waals surface area contributed by atoms with Gasteiger partial charge in [0, 0.05) is 20.7 Å².